The molecule has 1 fully saturated rings. The van der Waals surface area contributed by atoms with Gasteiger partial charge >= 0.3 is 0 Å². The van der Waals surface area contributed by atoms with Crippen LogP contribution in [0.1, 0.15) is 12.1 Å². The van der Waals surface area contributed by atoms with Gasteiger partial charge in [-0.2, -0.15) is 0 Å². The van der Waals surface area contributed by atoms with Gasteiger partial charge in [-0.15, -0.1) is 5.10 Å². The van der Waals surface area contributed by atoms with Crippen LogP contribution in [0.2, 0.25) is 0 Å². The number of aromatic nitrogens is 3. The maximum Gasteiger partial charge on any atom is 0.0832 e. The Morgan fingerprint density at radius 1 is 1.35 bits per heavy atom. The first-order chi connectivity index (χ1) is 9.81. The van der Waals surface area contributed by atoms with Crippen molar-refractivity contribution in [1.29, 1.82) is 0 Å². The minimum Gasteiger partial charge on any atom is -0.399 e. The van der Waals surface area contributed by atoms with E-state index in [2.05, 4.69) is 15.6 Å². The van der Waals surface area contributed by atoms with Crippen LogP contribution in [0.5, 0.6) is 0 Å². The molecule has 1 saturated heterocycles. The van der Waals surface area contributed by atoms with Gasteiger partial charge in [0.25, 0.3) is 0 Å². The molecule has 0 saturated carbocycles. The average molecular weight is 273 g/mol. The van der Waals surface area contributed by atoms with E-state index in [0.717, 1.165) is 49.7 Å². The fourth-order valence-corrected chi connectivity index (χ4v) is 2.29. The molecule has 1 aromatic carbocycles. The van der Waals surface area contributed by atoms with E-state index in [0.29, 0.717) is 6.04 Å². The van der Waals surface area contributed by atoms with Gasteiger partial charge in [0.2, 0.25) is 0 Å². The second-order valence-corrected chi connectivity index (χ2v) is 5.01. The molecule has 20 heavy (non-hydrogen) atoms. The lowest BCUT2D eigenvalue weighted by molar-refractivity contribution is 0.0743. The number of nitrogens with two attached hydrogens (primary N) is 1. The maximum atomic E-state index is 5.68. The molecule has 1 atom stereocenters. The van der Waals surface area contributed by atoms with Gasteiger partial charge in [-0.25, -0.2) is 4.68 Å². The highest BCUT2D eigenvalue weighted by Gasteiger charge is 2.13. The van der Waals surface area contributed by atoms with E-state index >= 15 is 0 Å². The van der Waals surface area contributed by atoms with Crippen LogP contribution in [0.4, 0.5) is 5.69 Å². The van der Waals surface area contributed by atoms with E-state index < -0.39 is 0 Å². The molecule has 0 amide bonds. The monoisotopic (exact) mass is 273 g/mol. The zero-order chi connectivity index (χ0) is 13.8. The first-order valence-electron chi connectivity index (χ1n) is 6.89. The van der Waals surface area contributed by atoms with E-state index in [1.807, 2.05) is 30.5 Å². The molecule has 1 unspecified atom stereocenters. The van der Waals surface area contributed by atoms with Crippen LogP contribution in [-0.4, -0.2) is 40.8 Å². The lowest BCUT2D eigenvalue weighted by atomic mass is 10.1. The molecule has 6 nitrogen and oxygen atoms in total. The molecule has 2 heterocycles. The van der Waals surface area contributed by atoms with Crippen LogP contribution in [0.15, 0.2) is 30.5 Å². The number of hydrogen-bond acceptors (Lipinski definition) is 5. The van der Waals surface area contributed by atoms with Gasteiger partial charge in [0.1, 0.15) is 0 Å². The number of nitrogens with zero attached hydrogens (tertiary/aromatic N) is 3. The zero-order valence-corrected chi connectivity index (χ0v) is 11.3. The third-order valence-electron chi connectivity index (χ3n) is 3.45. The van der Waals surface area contributed by atoms with E-state index in [1.54, 1.807) is 4.68 Å². The Balaban J connectivity index is 1.60. The standard InChI is InChI=1S/C14H19N5O/c15-11-1-5-14(6-2-11)19-9-12(17-18-19)3-4-13-10-20-8-7-16-13/h1-2,5-6,9,13,16H,3-4,7-8,10,15H2. The summed E-state index contributed by atoms with van der Waals surface area (Å²) in [7, 11) is 0. The summed E-state index contributed by atoms with van der Waals surface area (Å²) in [6.45, 7) is 2.53. The Kier molecular flexibility index (Phi) is 3.94. The minimum absolute atomic E-state index is 0.422. The number of nitrogen functional groups attached to an aromatic ring is 1. The summed E-state index contributed by atoms with van der Waals surface area (Å²) < 4.78 is 7.22. The molecule has 0 bridgehead atoms. The molecule has 2 aromatic rings. The number of rotatable bonds is 4. The summed E-state index contributed by atoms with van der Waals surface area (Å²) in [6.07, 6.45) is 3.88. The fourth-order valence-electron chi connectivity index (χ4n) is 2.29. The number of nitrogens with one attached hydrogen (secondary N) is 1. The first-order valence-corrected chi connectivity index (χ1v) is 6.89. The van der Waals surface area contributed by atoms with Gasteiger partial charge in [0, 0.05) is 18.3 Å². The van der Waals surface area contributed by atoms with Crippen molar-refractivity contribution in [3.8, 4) is 5.69 Å². The third kappa shape index (κ3) is 3.15. The summed E-state index contributed by atoms with van der Waals surface area (Å²) in [5.41, 5.74) is 8.39. The van der Waals surface area contributed by atoms with Crippen molar-refractivity contribution in [2.24, 2.45) is 0 Å². The smallest absolute Gasteiger partial charge is 0.0832 e. The van der Waals surface area contributed by atoms with E-state index in [1.165, 1.54) is 0 Å². The molecule has 3 rings (SSSR count). The zero-order valence-electron chi connectivity index (χ0n) is 11.3. The highest BCUT2D eigenvalue weighted by Crippen LogP contribution is 2.11. The molecule has 0 radical (unpaired) electrons. The predicted octanol–water partition coefficient (Wildman–Crippen LogP) is 0.770. The highest BCUT2D eigenvalue weighted by molar-refractivity contribution is 5.44. The van der Waals surface area contributed by atoms with E-state index in [-0.39, 0.29) is 0 Å². The highest BCUT2D eigenvalue weighted by atomic mass is 16.5. The largest absolute Gasteiger partial charge is 0.399 e. The quantitative estimate of drug-likeness (QED) is 0.805. The Morgan fingerprint density at radius 2 is 2.20 bits per heavy atom. The summed E-state index contributed by atoms with van der Waals surface area (Å²) in [5, 5.41) is 11.8. The number of ether oxygens (including phenoxy) is 1. The number of aryl methyl sites for hydroxylation is 1. The second-order valence-electron chi connectivity index (χ2n) is 5.01. The van der Waals surface area contributed by atoms with Gasteiger partial charge in [-0.1, -0.05) is 5.21 Å². The molecule has 1 aliphatic rings. The van der Waals surface area contributed by atoms with Crippen molar-refractivity contribution in [1.82, 2.24) is 20.3 Å². The molecule has 3 N–H and O–H groups in total. The van der Waals surface area contributed by atoms with Crippen molar-refractivity contribution < 1.29 is 4.74 Å². The van der Waals surface area contributed by atoms with Crippen LogP contribution in [0, 0.1) is 0 Å². The maximum absolute atomic E-state index is 5.68. The van der Waals surface area contributed by atoms with Gasteiger partial charge < -0.3 is 15.8 Å². The van der Waals surface area contributed by atoms with Gasteiger partial charge in [0.05, 0.1) is 30.8 Å². The van der Waals surface area contributed by atoms with Crippen molar-refractivity contribution in [2.45, 2.75) is 18.9 Å². The van der Waals surface area contributed by atoms with Gasteiger partial charge in [-0.05, 0) is 37.1 Å². The molecule has 106 valence electrons. The van der Waals surface area contributed by atoms with Crippen LogP contribution in [-0.2, 0) is 11.2 Å². The van der Waals surface area contributed by atoms with Crippen LogP contribution in [0.3, 0.4) is 0 Å². The SMILES string of the molecule is Nc1ccc(-n2cc(CCC3COCCN3)nn2)cc1. The van der Waals surface area contributed by atoms with Gasteiger partial charge in [-0.3, -0.25) is 0 Å². The second kappa shape index (κ2) is 6.02. The van der Waals surface area contributed by atoms with Crippen LogP contribution in [0.25, 0.3) is 5.69 Å². The number of morpholine rings is 1. The lowest BCUT2D eigenvalue weighted by Gasteiger charge is -2.23. The Hall–Kier alpha value is -1.92. The van der Waals surface area contributed by atoms with Crippen LogP contribution >= 0.6 is 0 Å². The average Bonchev–Trinajstić information content (AvgIpc) is 2.96. The topological polar surface area (TPSA) is 78.0 Å². The fraction of sp³-hybridized carbons (Fsp3) is 0.429. The molecule has 0 aliphatic carbocycles. The molecule has 6 heteroatoms. The van der Waals surface area contributed by atoms with Crippen molar-refractivity contribution in [3.63, 3.8) is 0 Å². The molecule has 1 aromatic heterocycles. The molecule has 1 aliphatic heterocycles. The summed E-state index contributed by atoms with van der Waals surface area (Å²) in [4.78, 5) is 0. The molecule has 0 spiro atoms. The molecular formula is C14H19N5O. The minimum atomic E-state index is 0.422. The lowest BCUT2D eigenvalue weighted by Crippen LogP contribution is -2.41. The summed E-state index contributed by atoms with van der Waals surface area (Å²) >= 11 is 0. The number of benzene rings is 1. The summed E-state index contributed by atoms with van der Waals surface area (Å²) in [6, 6.07) is 8.01. The first kappa shape index (κ1) is 13.1. The van der Waals surface area contributed by atoms with Gasteiger partial charge in [0.15, 0.2) is 0 Å². The van der Waals surface area contributed by atoms with E-state index in [9.17, 15) is 0 Å². The third-order valence-corrected chi connectivity index (χ3v) is 3.45. The Bertz CT molecular complexity index is 545. The van der Waals surface area contributed by atoms with Crippen molar-refractivity contribution >= 4 is 5.69 Å². The Labute approximate surface area is 117 Å². The van der Waals surface area contributed by atoms with Crippen molar-refractivity contribution in [2.75, 3.05) is 25.5 Å². The number of anilines is 1. The van der Waals surface area contributed by atoms with Crippen molar-refractivity contribution in [3.05, 3.63) is 36.2 Å². The summed E-state index contributed by atoms with van der Waals surface area (Å²) in [5.74, 6) is 0. The number of hydrogen-bond donors (Lipinski definition) is 2. The van der Waals surface area contributed by atoms with E-state index in [4.69, 9.17) is 10.5 Å². The predicted molar refractivity (Wildman–Crippen MR) is 76.7 cm³/mol. The molecular weight excluding hydrogens is 254 g/mol. The normalized spacial score (nSPS) is 19.1. The van der Waals surface area contributed by atoms with Crippen LogP contribution < -0.4 is 11.1 Å². The Morgan fingerprint density at radius 3 is 2.95 bits per heavy atom.